The van der Waals surface area contributed by atoms with E-state index in [2.05, 4.69) is 5.32 Å². The number of hydrogen-bond donors (Lipinski definition) is 2. The second-order valence-corrected chi connectivity index (χ2v) is 5.09. The highest BCUT2D eigenvalue weighted by Gasteiger charge is 2.18. The summed E-state index contributed by atoms with van der Waals surface area (Å²) in [5.74, 6) is -0.378. The molecule has 118 valence electrons. The van der Waals surface area contributed by atoms with Crippen LogP contribution >= 0.6 is 0 Å². The Morgan fingerprint density at radius 3 is 2.35 bits per heavy atom. The number of nitrogens with two attached hydrogens (primary N) is 1. The quantitative estimate of drug-likeness (QED) is 0.854. The molecule has 3 N–H and O–H groups in total. The van der Waals surface area contributed by atoms with Gasteiger partial charge in [-0.15, -0.1) is 0 Å². The number of urea groups is 1. The number of carbonyl (C=O) groups is 2. The van der Waals surface area contributed by atoms with Crippen LogP contribution in [0.2, 0.25) is 0 Å². The van der Waals surface area contributed by atoms with Gasteiger partial charge in [0, 0.05) is 18.8 Å². The molecule has 0 aliphatic heterocycles. The minimum atomic E-state index is -0.521. The van der Waals surface area contributed by atoms with Gasteiger partial charge in [0.1, 0.15) is 0 Å². The highest BCUT2D eigenvalue weighted by atomic mass is 16.2. The number of benzene rings is 2. The molecule has 0 atom stereocenters. The molecule has 0 fully saturated rings. The maximum atomic E-state index is 12.3. The van der Waals surface area contributed by atoms with Gasteiger partial charge in [0.05, 0.1) is 5.69 Å². The average Bonchev–Trinajstić information content (AvgIpc) is 2.51. The summed E-state index contributed by atoms with van der Waals surface area (Å²) >= 11 is 0. The molecule has 0 saturated carbocycles. The van der Waals surface area contributed by atoms with Gasteiger partial charge in [0.25, 0.3) is 0 Å². The Bertz CT molecular complexity index is 736. The van der Waals surface area contributed by atoms with E-state index < -0.39 is 6.03 Å². The number of nitrogens with zero attached hydrogens (tertiary/aromatic N) is 1. The number of anilines is 2. The summed E-state index contributed by atoms with van der Waals surface area (Å²) in [5, 5.41) is 2.61. The number of aryl methyl sites for hydroxylation is 1. The molecule has 0 aromatic heterocycles. The van der Waals surface area contributed by atoms with Crippen LogP contribution in [-0.2, 0) is 4.79 Å². The summed E-state index contributed by atoms with van der Waals surface area (Å²) in [6.45, 7) is 3.32. The van der Waals surface area contributed by atoms with E-state index in [0.717, 1.165) is 16.0 Å². The largest absolute Gasteiger partial charge is 0.399 e. The first-order valence-corrected chi connectivity index (χ1v) is 7.18. The zero-order chi connectivity index (χ0) is 16.8. The Labute approximate surface area is 135 Å². The van der Waals surface area contributed by atoms with Crippen molar-refractivity contribution in [1.82, 2.24) is 5.32 Å². The Kier molecular flexibility index (Phi) is 5.15. The fraction of sp³-hybridized carbons (Fsp3) is 0.111. The number of imide groups is 1. The molecular weight excluding hydrogens is 290 g/mol. The summed E-state index contributed by atoms with van der Waals surface area (Å²) in [6, 6.07) is 13.8. The fourth-order valence-electron chi connectivity index (χ4n) is 2.11. The van der Waals surface area contributed by atoms with Crippen molar-refractivity contribution in [2.75, 3.05) is 10.6 Å². The van der Waals surface area contributed by atoms with Crippen LogP contribution in [0, 0.1) is 6.92 Å². The summed E-state index contributed by atoms with van der Waals surface area (Å²) in [4.78, 5) is 25.1. The molecule has 0 radical (unpaired) electrons. The molecule has 0 bridgehead atoms. The van der Waals surface area contributed by atoms with Crippen molar-refractivity contribution >= 4 is 29.4 Å². The first-order valence-electron chi connectivity index (χ1n) is 7.18. The smallest absolute Gasteiger partial charge is 0.332 e. The predicted molar refractivity (Wildman–Crippen MR) is 92.8 cm³/mol. The van der Waals surface area contributed by atoms with E-state index in [1.807, 2.05) is 31.2 Å². The zero-order valence-corrected chi connectivity index (χ0v) is 13.1. The molecule has 0 saturated heterocycles. The Balaban J connectivity index is 2.12. The highest BCUT2D eigenvalue weighted by Crippen LogP contribution is 2.17. The number of carbonyl (C=O) groups excluding carboxylic acids is 2. The maximum Gasteiger partial charge on any atom is 0.332 e. The summed E-state index contributed by atoms with van der Waals surface area (Å²) in [7, 11) is 0. The van der Waals surface area contributed by atoms with Crippen molar-refractivity contribution in [2.45, 2.75) is 13.8 Å². The van der Waals surface area contributed by atoms with Crippen LogP contribution in [0.4, 0.5) is 16.2 Å². The van der Waals surface area contributed by atoms with Gasteiger partial charge in [-0.2, -0.15) is 0 Å². The molecule has 0 aliphatic carbocycles. The third-order valence-corrected chi connectivity index (χ3v) is 3.33. The second-order valence-electron chi connectivity index (χ2n) is 5.09. The van der Waals surface area contributed by atoms with Crippen molar-refractivity contribution < 1.29 is 9.59 Å². The van der Waals surface area contributed by atoms with Gasteiger partial charge in [-0.1, -0.05) is 24.3 Å². The van der Waals surface area contributed by atoms with E-state index in [1.54, 1.807) is 30.3 Å². The molecule has 2 aromatic rings. The van der Waals surface area contributed by atoms with Crippen LogP contribution < -0.4 is 16.0 Å². The fourth-order valence-corrected chi connectivity index (χ4v) is 2.11. The Hall–Kier alpha value is -3.08. The molecule has 3 amide bonds. The van der Waals surface area contributed by atoms with Gasteiger partial charge in [-0.25, -0.2) is 9.69 Å². The molecule has 0 unspecified atom stereocenters. The molecule has 0 aliphatic rings. The van der Waals surface area contributed by atoms with Crippen LogP contribution in [0.3, 0.4) is 0 Å². The van der Waals surface area contributed by atoms with Crippen molar-refractivity contribution in [3.05, 3.63) is 65.9 Å². The van der Waals surface area contributed by atoms with Crippen LogP contribution in [0.1, 0.15) is 18.1 Å². The van der Waals surface area contributed by atoms with Crippen molar-refractivity contribution in [1.29, 1.82) is 0 Å². The van der Waals surface area contributed by atoms with E-state index in [0.29, 0.717) is 11.4 Å². The van der Waals surface area contributed by atoms with Gasteiger partial charge in [-0.3, -0.25) is 4.79 Å². The molecule has 0 spiro atoms. The molecule has 2 rings (SSSR count). The summed E-state index contributed by atoms with van der Waals surface area (Å²) in [6.07, 6.45) is 3.31. The number of rotatable bonds is 3. The molecule has 5 heteroatoms. The highest BCUT2D eigenvalue weighted by molar-refractivity contribution is 6.13. The van der Waals surface area contributed by atoms with Crippen molar-refractivity contribution in [2.24, 2.45) is 0 Å². The Morgan fingerprint density at radius 2 is 1.74 bits per heavy atom. The lowest BCUT2D eigenvalue weighted by Gasteiger charge is -2.18. The first kappa shape index (κ1) is 16.3. The number of nitrogens with one attached hydrogen (secondary N) is 1. The Morgan fingerprint density at radius 1 is 1.09 bits per heavy atom. The lowest BCUT2D eigenvalue weighted by Crippen LogP contribution is -2.40. The number of nitrogen functional groups attached to an aromatic ring is 1. The van der Waals surface area contributed by atoms with E-state index in [-0.39, 0.29) is 5.91 Å². The zero-order valence-electron chi connectivity index (χ0n) is 13.1. The van der Waals surface area contributed by atoms with Gasteiger partial charge in [0.15, 0.2) is 0 Å². The van der Waals surface area contributed by atoms with Crippen LogP contribution in [-0.4, -0.2) is 11.9 Å². The SMILES string of the molecule is CC(=O)N(C(=O)N/C=C/c1ccccc1C)c1ccc(N)cc1. The maximum absolute atomic E-state index is 12.3. The number of hydrogen-bond acceptors (Lipinski definition) is 3. The van der Waals surface area contributed by atoms with Crippen LogP contribution in [0.15, 0.2) is 54.7 Å². The standard InChI is InChI=1S/C18H19N3O2/c1-13-5-3-4-6-15(13)11-12-20-18(23)21(14(2)22)17-9-7-16(19)8-10-17/h3-12H,19H2,1-2H3,(H,20,23)/b12-11+. The molecular formula is C18H19N3O2. The van der Waals surface area contributed by atoms with Crippen molar-refractivity contribution in [3.63, 3.8) is 0 Å². The van der Waals surface area contributed by atoms with Crippen LogP contribution in [0.25, 0.3) is 6.08 Å². The third-order valence-electron chi connectivity index (χ3n) is 3.33. The topological polar surface area (TPSA) is 75.4 Å². The lowest BCUT2D eigenvalue weighted by molar-refractivity contribution is -0.115. The normalized spacial score (nSPS) is 10.5. The minimum absolute atomic E-state index is 0.378. The minimum Gasteiger partial charge on any atom is -0.399 e. The van der Waals surface area contributed by atoms with Gasteiger partial charge in [0.2, 0.25) is 5.91 Å². The second kappa shape index (κ2) is 7.26. The van der Waals surface area contributed by atoms with Gasteiger partial charge < -0.3 is 11.1 Å². The molecule has 2 aromatic carbocycles. The van der Waals surface area contributed by atoms with E-state index in [1.165, 1.54) is 13.1 Å². The third kappa shape index (κ3) is 4.20. The first-order chi connectivity index (χ1) is 11.0. The van der Waals surface area contributed by atoms with Gasteiger partial charge >= 0.3 is 6.03 Å². The average molecular weight is 309 g/mol. The predicted octanol–water partition coefficient (Wildman–Crippen LogP) is 3.31. The monoisotopic (exact) mass is 309 g/mol. The van der Waals surface area contributed by atoms with Gasteiger partial charge in [-0.05, 0) is 48.4 Å². The molecule has 23 heavy (non-hydrogen) atoms. The molecule has 0 heterocycles. The van der Waals surface area contributed by atoms with Crippen LogP contribution in [0.5, 0.6) is 0 Å². The van der Waals surface area contributed by atoms with Crippen molar-refractivity contribution in [3.8, 4) is 0 Å². The lowest BCUT2D eigenvalue weighted by atomic mass is 10.1. The summed E-state index contributed by atoms with van der Waals surface area (Å²) in [5.41, 5.74) is 8.75. The van der Waals surface area contributed by atoms with E-state index in [4.69, 9.17) is 5.73 Å². The summed E-state index contributed by atoms with van der Waals surface area (Å²) < 4.78 is 0. The number of amides is 3. The van der Waals surface area contributed by atoms with E-state index in [9.17, 15) is 9.59 Å². The molecule has 5 nitrogen and oxygen atoms in total. The van der Waals surface area contributed by atoms with E-state index >= 15 is 0 Å².